The van der Waals surface area contributed by atoms with Crippen molar-refractivity contribution < 1.29 is 33.4 Å². The van der Waals surface area contributed by atoms with Crippen molar-refractivity contribution in [1.82, 2.24) is 5.32 Å². The molecular weight excluding hydrogens is 564 g/mol. The molecule has 0 unspecified atom stereocenters. The number of carbonyl (C=O) groups is 5. The average molecular weight is 601 g/mol. The van der Waals surface area contributed by atoms with Crippen LogP contribution in [0.5, 0.6) is 0 Å². The minimum Gasteiger partial charge on any atom is -0.465 e. The second-order valence-corrected chi connectivity index (χ2v) is 11.3. The molecule has 230 valence electrons. The van der Waals surface area contributed by atoms with Gasteiger partial charge in [-0.05, 0) is 86.3 Å². The predicted octanol–water partition coefficient (Wildman–Crippen LogP) is 5.23. The highest BCUT2D eigenvalue weighted by atomic mass is 16.6. The fourth-order valence-electron chi connectivity index (χ4n) is 4.02. The number of methoxy groups -OCH3 is 1. The third kappa shape index (κ3) is 8.84. The Balaban J connectivity index is 1.95. The molecule has 0 aliphatic heterocycles. The Bertz CT molecular complexity index is 1600. The van der Waals surface area contributed by atoms with Crippen LogP contribution in [-0.2, 0) is 9.47 Å². The van der Waals surface area contributed by atoms with E-state index >= 15 is 0 Å². The lowest BCUT2D eigenvalue weighted by Crippen LogP contribution is -2.27. The summed E-state index contributed by atoms with van der Waals surface area (Å²) in [6.07, 6.45) is -0.201. The van der Waals surface area contributed by atoms with E-state index in [9.17, 15) is 24.0 Å². The topological polar surface area (TPSA) is 166 Å². The van der Waals surface area contributed by atoms with Crippen LogP contribution in [0.4, 0.5) is 10.5 Å². The highest BCUT2D eigenvalue weighted by Crippen LogP contribution is 2.30. The fraction of sp³-hybridized carbons (Fsp3) is 0.273. The van der Waals surface area contributed by atoms with Gasteiger partial charge in [-0.25, -0.2) is 9.59 Å². The van der Waals surface area contributed by atoms with Gasteiger partial charge in [-0.15, -0.1) is 0 Å². The number of nitrogens with two attached hydrogens (primary N) is 1. The lowest BCUT2D eigenvalue weighted by atomic mass is 9.92. The summed E-state index contributed by atoms with van der Waals surface area (Å²) < 4.78 is 10.1. The molecule has 0 spiro atoms. The molecule has 0 aliphatic rings. The summed E-state index contributed by atoms with van der Waals surface area (Å²) in [5.74, 6) is -1.45. The van der Waals surface area contributed by atoms with Crippen molar-refractivity contribution in [2.75, 3.05) is 19.0 Å². The smallest absolute Gasteiger partial charge is 0.436 e. The molecule has 0 bridgehead atoms. The monoisotopic (exact) mass is 600 g/mol. The summed E-state index contributed by atoms with van der Waals surface area (Å²) >= 11 is 0. The van der Waals surface area contributed by atoms with E-state index in [0.717, 1.165) is 0 Å². The highest BCUT2D eigenvalue weighted by Gasteiger charge is 2.22. The van der Waals surface area contributed by atoms with Crippen molar-refractivity contribution in [3.8, 4) is 11.1 Å². The maximum atomic E-state index is 13.5. The first kappa shape index (κ1) is 33.2. The highest BCUT2D eigenvalue weighted by molar-refractivity contribution is 6.12. The number of amidine groups is 1. The van der Waals surface area contributed by atoms with E-state index in [-0.39, 0.29) is 45.5 Å². The van der Waals surface area contributed by atoms with Gasteiger partial charge in [-0.3, -0.25) is 14.4 Å². The maximum absolute atomic E-state index is 13.5. The van der Waals surface area contributed by atoms with Crippen LogP contribution in [0, 0.1) is 5.92 Å². The van der Waals surface area contributed by atoms with Gasteiger partial charge in [-0.1, -0.05) is 26.0 Å². The van der Waals surface area contributed by atoms with Gasteiger partial charge in [-0.2, -0.15) is 4.99 Å². The molecular formula is C33H36N4O7. The van der Waals surface area contributed by atoms with Crippen LogP contribution in [0.3, 0.4) is 0 Å². The Morgan fingerprint density at radius 1 is 0.886 bits per heavy atom. The number of benzene rings is 3. The minimum atomic E-state index is -0.825. The fourth-order valence-corrected chi connectivity index (χ4v) is 4.02. The zero-order valence-corrected chi connectivity index (χ0v) is 25.5. The van der Waals surface area contributed by atoms with Crippen LogP contribution in [-0.4, -0.2) is 55.3 Å². The van der Waals surface area contributed by atoms with Gasteiger partial charge in [0.1, 0.15) is 17.7 Å². The molecule has 0 heterocycles. The van der Waals surface area contributed by atoms with Gasteiger partial charge in [0.25, 0.3) is 11.8 Å². The molecule has 3 amide bonds. The zero-order valence-electron chi connectivity index (χ0n) is 25.5. The van der Waals surface area contributed by atoms with Crippen LogP contribution < -0.4 is 16.4 Å². The van der Waals surface area contributed by atoms with Gasteiger partial charge >= 0.3 is 12.1 Å². The van der Waals surface area contributed by atoms with Crippen LogP contribution in [0.25, 0.3) is 11.1 Å². The van der Waals surface area contributed by atoms with Crippen molar-refractivity contribution in [2.45, 2.75) is 40.2 Å². The molecule has 11 nitrogen and oxygen atoms in total. The lowest BCUT2D eigenvalue weighted by Gasteiger charge is -2.17. The van der Waals surface area contributed by atoms with E-state index in [4.69, 9.17) is 15.2 Å². The number of ether oxygens (including phenoxy) is 2. The molecule has 44 heavy (non-hydrogen) atoms. The molecule has 0 aromatic heterocycles. The first-order valence-corrected chi connectivity index (χ1v) is 13.8. The normalized spacial score (nSPS) is 11.5. The molecule has 0 saturated carbocycles. The van der Waals surface area contributed by atoms with E-state index in [1.807, 2.05) is 13.8 Å². The Labute approximate surface area is 255 Å². The van der Waals surface area contributed by atoms with Gasteiger partial charge in [0.15, 0.2) is 0 Å². The number of aliphatic imine (C=N–C) groups is 1. The number of aldehydes is 1. The summed E-state index contributed by atoms with van der Waals surface area (Å²) in [6.45, 7) is 9.51. The third-order valence-corrected chi connectivity index (χ3v) is 6.12. The number of nitrogens with zero attached hydrogens (tertiary/aromatic N) is 1. The Hall–Kier alpha value is -5.32. The molecule has 0 fully saturated rings. The van der Waals surface area contributed by atoms with E-state index in [0.29, 0.717) is 29.6 Å². The van der Waals surface area contributed by atoms with E-state index in [1.54, 1.807) is 51.1 Å². The first-order valence-electron chi connectivity index (χ1n) is 13.8. The van der Waals surface area contributed by atoms with E-state index in [2.05, 4.69) is 15.6 Å². The number of rotatable bonds is 9. The van der Waals surface area contributed by atoms with Crippen molar-refractivity contribution in [3.05, 3.63) is 88.5 Å². The van der Waals surface area contributed by atoms with Crippen molar-refractivity contribution >= 4 is 41.7 Å². The second-order valence-electron chi connectivity index (χ2n) is 11.3. The molecule has 0 radical (unpaired) electrons. The number of hydrogen-bond donors (Lipinski definition) is 3. The quantitative estimate of drug-likeness (QED) is 0.130. The van der Waals surface area contributed by atoms with Crippen molar-refractivity contribution in [3.63, 3.8) is 0 Å². The number of carbonyl (C=O) groups excluding carboxylic acids is 5. The number of hydrogen-bond acceptors (Lipinski definition) is 7. The molecule has 3 rings (SSSR count). The number of nitrogens with one attached hydrogen (secondary N) is 2. The molecule has 0 saturated heterocycles. The number of esters is 1. The van der Waals surface area contributed by atoms with Crippen LogP contribution >= 0.6 is 0 Å². The predicted molar refractivity (Wildman–Crippen MR) is 167 cm³/mol. The summed E-state index contributed by atoms with van der Waals surface area (Å²) in [7, 11) is 1.21. The van der Waals surface area contributed by atoms with Gasteiger partial charge < -0.3 is 25.8 Å². The zero-order chi connectivity index (χ0) is 32.6. The molecule has 0 atom stereocenters. The summed E-state index contributed by atoms with van der Waals surface area (Å²) in [5, 5.41) is 5.59. The molecule has 11 heteroatoms. The van der Waals surface area contributed by atoms with E-state index in [1.165, 1.54) is 37.4 Å². The third-order valence-electron chi connectivity index (χ3n) is 6.12. The minimum absolute atomic E-state index is 0.0471. The van der Waals surface area contributed by atoms with Crippen molar-refractivity contribution in [1.29, 1.82) is 0 Å². The molecule has 0 aliphatic carbocycles. The summed E-state index contributed by atoms with van der Waals surface area (Å²) in [5.41, 5.74) is 7.36. The van der Waals surface area contributed by atoms with Crippen molar-refractivity contribution in [2.24, 2.45) is 16.6 Å². The number of amides is 3. The standard InChI is InChI=1S/C33H36N4O7/c1-19(2)17-35-29(39)22-10-14-24(27(16-22)31(41)43-6)26-15-20(18-38)7-13-25(26)30(40)36-23-11-8-21(9-12-23)28(34)37-32(42)44-33(3,4)5/h7-16,18-19H,17H2,1-6H3,(H,35,39)(H,36,40)(H2,34,37,42). The average Bonchev–Trinajstić information content (AvgIpc) is 2.98. The Morgan fingerprint density at radius 3 is 2.14 bits per heavy atom. The van der Waals surface area contributed by atoms with E-state index < -0.39 is 23.6 Å². The molecule has 4 N–H and O–H groups in total. The Morgan fingerprint density at radius 2 is 1.55 bits per heavy atom. The van der Waals surface area contributed by atoms with Gasteiger partial charge in [0, 0.05) is 34.5 Å². The second kappa shape index (κ2) is 14.2. The largest absolute Gasteiger partial charge is 0.465 e. The maximum Gasteiger partial charge on any atom is 0.436 e. The Kier molecular flexibility index (Phi) is 10.7. The van der Waals surface area contributed by atoms with Crippen LogP contribution in [0.1, 0.15) is 81.6 Å². The van der Waals surface area contributed by atoms with Crippen LogP contribution in [0.15, 0.2) is 65.7 Å². The molecule has 3 aromatic carbocycles. The lowest BCUT2D eigenvalue weighted by molar-refractivity contribution is 0.0592. The van der Waals surface area contributed by atoms with Gasteiger partial charge in [0.05, 0.1) is 12.7 Å². The SMILES string of the molecule is COC(=O)c1cc(C(=O)NCC(C)C)ccc1-c1cc(C=O)ccc1C(=O)Nc1ccc(C(N)=NC(=O)OC(C)(C)C)cc1. The van der Waals surface area contributed by atoms with Gasteiger partial charge in [0.2, 0.25) is 0 Å². The van der Waals surface area contributed by atoms with Crippen LogP contribution in [0.2, 0.25) is 0 Å². The molecule has 3 aromatic rings. The first-order chi connectivity index (χ1) is 20.7. The summed E-state index contributed by atoms with van der Waals surface area (Å²) in [4.78, 5) is 66.4. The number of anilines is 1. The summed E-state index contributed by atoms with van der Waals surface area (Å²) in [6, 6.07) is 15.2.